The third-order valence-electron chi connectivity index (χ3n) is 8.32. The highest BCUT2D eigenvalue weighted by atomic mass is 16.5. The topological polar surface area (TPSA) is 129 Å². The Hall–Kier alpha value is -3.98. The molecule has 0 aromatic heterocycles. The van der Waals surface area contributed by atoms with Gasteiger partial charge < -0.3 is 25.2 Å². The van der Waals surface area contributed by atoms with Gasteiger partial charge in [-0.3, -0.25) is 14.6 Å². The van der Waals surface area contributed by atoms with Crippen LogP contribution in [-0.4, -0.2) is 71.5 Å². The quantitative estimate of drug-likeness (QED) is 0.334. The van der Waals surface area contributed by atoms with E-state index in [2.05, 4.69) is 27.3 Å². The second kappa shape index (κ2) is 13.1. The van der Waals surface area contributed by atoms with E-state index < -0.39 is 23.4 Å². The zero-order valence-corrected chi connectivity index (χ0v) is 23.9. The summed E-state index contributed by atoms with van der Waals surface area (Å²) in [6.07, 6.45) is 5.33. The number of methoxy groups -OCH3 is 1. The van der Waals surface area contributed by atoms with Gasteiger partial charge in [-0.2, -0.15) is 0 Å². The molecule has 2 aromatic rings. The number of benzene rings is 2. The molecule has 2 aliphatic rings. The van der Waals surface area contributed by atoms with E-state index in [0.29, 0.717) is 30.0 Å². The second-order valence-corrected chi connectivity index (χ2v) is 10.9. The normalized spacial score (nSPS) is 21.5. The molecule has 2 heterocycles. The third-order valence-corrected chi connectivity index (χ3v) is 8.32. The molecule has 41 heavy (non-hydrogen) atoms. The lowest BCUT2D eigenvalue weighted by Crippen LogP contribution is -2.47. The number of nitrogens with zero attached hydrogens (tertiary/aromatic N) is 2. The van der Waals surface area contributed by atoms with Crippen LogP contribution in [0.3, 0.4) is 0 Å². The first-order valence-electron chi connectivity index (χ1n) is 14.2. The summed E-state index contributed by atoms with van der Waals surface area (Å²) in [5.74, 6) is -1.25. The molecule has 1 fully saturated rings. The third kappa shape index (κ3) is 6.68. The molecule has 2 aliphatic heterocycles. The van der Waals surface area contributed by atoms with Crippen molar-refractivity contribution in [3.8, 4) is 5.75 Å². The number of likely N-dealkylation sites (tertiary alicyclic amines) is 1. The molecular weight excluding hydrogens is 522 g/mol. The molecule has 9 nitrogen and oxygen atoms in total. The molecule has 4 rings (SSSR count). The largest absolute Gasteiger partial charge is 0.497 e. The second-order valence-electron chi connectivity index (χ2n) is 10.9. The van der Waals surface area contributed by atoms with Gasteiger partial charge in [0.2, 0.25) is 5.91 Å². The summed E-state index contributed by atoms with van der Waals surface area (Å²) in [5, 5.41) is 22.9. The number of ether oxygens (including phenoxy) is 1. The van der Waals surface area contributed by atoms with Gasteiger partial charge in [0, 0.05) is 17.8 Å². The number of carboxylic acid groups (broad SMARTS) is 2. The van der Waals surface area contributed by atoms with Crippen LogP contribution in [0, 0.1) is 0 Å². The van der Waals surface area contributed by atoms with Crippen LogP contribution in [0.4, 0.5) is 5.69 Å². The van der Waals surface area contributed by atoms with Crippen molar-refractivity contribution >= 4 is 29.2 Å². The number of carbonyl (C=O) groups is 3. The smallest absolute Gasteiger partial charge is 0.337 e. The van der Waals surface area contributed by atoms with E-state index in [1.165, 1.54) is 11.6 Å². The fourth-order valence-electron chi connectivity index (χ4n) is 5.96. The highest BCUT2D eigenvalue weighted by Crippen LogP contribution is 2.40. The monoisotopic (exact) mass is 561 g/mol. The number of nitrogens with one attached hydrogen (secondary N) is 1. The number of dihydropyridines is 1. The highest BCUT2D eigenvalue weighted by molar-refractivity contribution is 6.20. The van der Waals surface area contributed by atoms with E-state index in [1.54, 1.807) is 45.2 Å². The van der Waals surface area contributed by atoms with Gasteiger partial charge in [-0.05, 0) is 100 Å². The summed E-state index contributed by atoms with van der Waals surface area (Å²) in [6, 6.07) is 14.2. The first-order chi connectivity index (χ1) is 19.6. The van der Waals surface area contributed by atoms with Crippen molar-refractivity contribution in [2.24, 2.45) is 4.99 Å². The van der Waals surface area contributed by atoms with Crippen LogP contribution in [0.5, 0.6) is 5.75 Å². The number of aliphatic imine (C=N–C) groups is 1. The first-order valence-corrected chi connectivity index (χ1v) is 14.2. The molecule has 3 N–H and O–H groups in total. The Morgan fingerprint density at radius 1 is 1.07 bits per heavy atom. The van der Waals surface area contributed by atoms with Crippen LogP contribution in [0.1, 0.15) is 63.0 Å². The molecule has 0 spiro atoms. The Morgan fingerprint density at radius 2 is 1.80 bits per heavy atom. The highest BCUT2D eigenvalue weighted by Gasteiger charge is 2.48. The molecule has 0 radical (unpaired) electrons. The van der Waals surface area contributed by atoms with E-state index >= 15 is 0 Å². The van der Waals surface area contributed by atoms with E-state index in [9.17, 15) is 24.6 Å². The van der Waals surface area contributed by atoms with Crippen molar-refractivity contribution in [3.63, 3.8) is 0 Å². The number of para-hydroxylation sites is 1. The van der Waals surface area contributed by atoms with Crippen LogP contribution in [0.25, 0.3) is 0 Å². The van der Waals surface area contributed by atoms with Crippen LogP contribution >= 0.6 is 0 Å². The molecule has 1 saturated heterocycles. The van der Waals surface area contributed by atoms with Crippen LogP contribution < -0.4 is 10.1 Å². The predicted molar refractivity (Wildman–Crippen MR) is 158 cm³/mol. The zero-order valence-electron chi connectivity index (χ0n) is 23.9. The maximum Gasteiger partial charge on any atom is 0.337 e. The van der Waals surface area contributed by atoms with Gasteiger partial charge in [-0.1, -0.05) is 30.3 Å². The van der Waals surface area contributed by atoms with E-state index in [4.69, 9.17) is 4.74 Å². The summed E-state index contributed by atoms with van der Waals surface area (Å²) in [5.41, 5.74) is 0.370. The molecule has 2 aromatic carbocycles. The van der Waals surface area contributed by atoms with Gasteiger partial charge in [0.15, 0.2) is 0 Å². The lowest BCUT2D eigenvalue weighted by Gasteiger charge is -2.35. The number of hydrogen-bond donors (Lipinski definition) is 3. The summed E-state index contributed by atoms with van der Waals surface area (Å²) >= 11 is 0. The number of unbranched alkanes of at least 4 members (excludes halogenated alkanes) is 1. The summed E-state index contributed by atoms with van der Waals surface area (Å²) in [7, 11) is 1.69. The van der Waals surface area contributed by atoms with Gasteiger partial charge in [0.1, 0.15) is 11.2 Å². The minimum atomic E-state index is -1.73. The Bertz CT molecular complexity index is 1340. The number of aliphatic carboxylic acids is 2. The maximum atomic E-state index is 12.9. The SMILES string of the molecule is COc1cccc(C2CCN(CCCCC(=O)Nc3ccccc3C3(C(=O)O)C=C(C(=O)O)C(C)=NC3C)CC2)c1. The zero-order chi connectivity index (χ0) is 29.6. The van der Waals surface area contributed by atoms with Crippen LogP contribution in [-0.2, 0) is 19.8 Å². The van der Waals surface area contributed by atoms with Gasteiger partial charge in [0.05, 0.1) is 18.7 Å². The molecule has 2 unspecified atom stereocenters. The first kappa shape index (κ1) is 30.0. The lowest BCUT2D eigenvalue weighted by atomic mass is 9.71. The van der Waals surface area contributed by atoms with Gasteiger partial charge in [-0.15, -0.1) is 0 Å². The van der Waals surface area contributed by atoms with E-state index in [-0.39, 0.29) is 17.2 Å². The van der Waals surface area contributed by atoms with Crippen molar-refractivity contribution in [1.29, 1.82) is 0 Å². The Kier molecular flexibility index (Phi) is 9.60. The molecule has 1 amide bonds. The number of anilines is 1. The minimum absolute atomic E-state index is 0.154. The number of piperidine rings is 1. The fraction of sp³-hybridized carbons (Fsp3) is 0.438. The molecular formula is C32H39N3O6. The minimum Gasteiger partial charge on any atom is -0.497 e. The van der Waals surface area contributed by atoms with Gasteiger partial charge in [-0.25, -0.2) is 4.79 Å². The number of rotatable bonds is 11. The standard InChI is InChI=1S/C32H39N3O6/c1-21-26(30(37)38)20-32(31(39)40,22(2)33-21)27-11-4-5-12-28(27)34-29(36)13-6-7-16-35-17-14-23(15-18-35)24-9-8-10-25(19-24)41-3/h4-5,8-12,19-20,22-23H,6-7,13-18H2,1-3H3,(H,34,36)(H,37,38)(H,39,40). The predicted octanol–water partition coefficient (Wildman–Crippen LogP) is 4.88. The van der Waals surface area contributed by atoms with Gasteiger partial charge in [0.25, 0.3) is 0 Å². The lowest BCUT2D eigenvalue weighted by molar-refractivity contribution is -0.142. The van der Waals surface area contributed by atoms with Crippen LogP contribution in [0.2, 0.25) is 0 Å². The van der Waals surface area contributed by atoms with Crippen LogP contribution in [0.15, 0.2) is 65.2 Å². The molecule has 0 saturated carbocycles. The number of carboxylic acids is 2. The number of carbonyl (C=O) groups excluding carboxylic acids is 1. The molecule has 0 bridgehead atoms. The summed E-state index contributed by atoms with van der Waals surface area (Å²) in [4.78, 5) is 44.2. The Morgan fingerprint density at radius 3 is 2.49 bits per heavy atom. The van der Waals surface area contributed by atoms with Crippen molar-refractivity contribution in [2.45, 2.75) is 63.3 Å². The van der Waals surface area contributed by atoms with Gasteiger partial charge >= 0.3 is 11.9 Å². The van der Waals surface area contributed by atoms with Crippen molar-refractivity contribution in [3.05, 3.63) is 71.3 Å². The molecule has 218 valence electrons. The average molecular weight is 562 g/mol. The average Bonchev–Trinajstić information content (AvgIpc) is 2.96. The van der Waals surface area contributed by atoms with Crippen molar-refractivity contribution in [2.75, 3.05) is 32.1 Å². The summed E-state index contributed by atoms with van der Waals surface area (Å²) in [6.45, 7) is 6.16. The number of amides is 1. The molecule has 0 aliphatic carbocycles. The van der Waals surface area contributed by atoms with Crippen molar-refractivity contribution < 1.29 is 29.3 Å². The van der Waals surface area contributed by atoms with E-state index in [1.807, 2.05) is 12.1 Å². The van der Waals surface area contributed by atoms with E-state index in [0.717, 1.165) is 44.6 Å². The number of hydrogen-bond acceptors (Lipinski definition) is 6. The maximum absolute atomic E-state index is 12.9. The Labute approximate surface area is 240 Å². The Balaban J connectivity index is 1.32. The molecule has 9 heteroatoms. The summed E-state index contributed by atoms with van der Waals surface area (Å²) < 4.78 is 5.36. The van der Waals surface area contributed by atoms with Crippen molar-refractivity contribution in [1.82, 2.24) is 4.90 Å². The molecule has 2 atom stereocenters. The fourth-order valence-corrected chi connectivity index (χ4v) is 5.96.